The Morgan fingerprint density at radius 3 is 2.69 bits per heavy atom. The van der Waals surface area contributed by atoms with Gasteiger partial charge in [-0.3, -0.25) is 0 Å². The Labute approximate surface area is 211 Å². The van der Waals surface area contributed by atoms with Gasteiger partial charge in [-0.25, -0.2) is 4.98 Å². The van der Waals surface area contributed by atoms with E-state index in [1.165, 1.54) is 21.4 Å². The summed E-state index contributed by atoms with van der Waals surface area (Å²) in [4.78, 5) is 14.8. The lowest BCUT2D eigenvalue weighted by Gasteiger charge is -2.28. The molecule has 0 aromatic carbocycles. The number of thiophene rings is 1. The Morgan fingerprint density at radius 1 is 1.34 bits per heavy atom. The highest BCUT2D eigenvalue weighted by Crippen LogP contribution is 2.44. The average Bonchev–Trinajstić information content (AvgIpc) is 3.39. The number of aromatic amines is 1. The topological polar surface area (TPSA) is 97.0 Å². The van der Waals surface area contributed by atoms with E-state index in [1.807, 2.05) is 13.1 Å². The van der Waals surface area contributed by atoms with Crippen molar-refractivity contribution >= 4 is 32.9 Å². The molecular formula is C27H35N7S. The predicted octanol–water partition coefficient (Wildman–Crippen LogP) is 4.79. The molecule has 4 heterocycles. The third kappa shape index (κ3) is 5.07. The fourth-order valence-electron chi connectivity index (χ4n) is 4.84. The number of hydrogen-bond donors (Lipinski definition) is 3. The number of anilines is 1. The van der Waals surface area contributed by atoms with Crippen molar-refractivity contribution in [3.63, 3.8) is 0 Å². The summed E-state index contributed by atoms with van der Waals surface area (Å²) in [7, 11) is 1.78. The third-order valence-corrected chi connectivity index (χ3v) is 7.74. The van der Waals surface area contributed by atoms with Crippen molar-refractivity contribution in [3.05, 3.63) is 53.0 Å². The van der Waals surface area contributed by atoms with Gasteiger partial charge in [0.2, 0.25) is 0 Å². The van der Waals surface area contributed by atoms with Crippen LogP contribution in [-0.2, 0) is 0 Å². The van der Waals surface area contributed by atoms with Gasteiger partial charge in [0, 0.05) is 73.6 Å². The summed E-state index contributed by atoms with van der Waals surface area (Å²) in [5.41, 5.74) is 12.9. The number of fused-ring (bicyclic) bond motifs is 1. The molecule has 3 aromatic rings. The average molecular weight is 490 g/mol. The fourth-order valence-corrected chi connectivity index (χ4v) is 6.05. The summed E-state index contributed by atoms with van der Waals surface area (Å²) in [6, 6.07) is 4.34. The third-order valence-electron chi connectivity index (χ3n) is 6.48. The molecule has 1 aliphatic rings. The van der Waals surface area contributed by atoms with Crippen LogP contribution in [0.5, 0.6) is 0 Å². The van der Waals surface area contributed by atoms with Crippen molar-refractivity contribution in [1.82, 2.24) is 20.2 Å². The van der Waals surface area contributed by atoms with E-state index in [4.69, 9.17) is 16.0 Å². The maximum atomic E-state index is 9.10. The Kier molecular flexibility index (Phi) is 7.48. The normalized spacial score (nSPS) is 15.2. The first kappa shape index (κ1) is 24.8. The number of piperazine rings is 1. The first-order valence-corrected chi connectivity index (χ1v) is 12.9. The summed E-state index contributed by atoms with van der Waals surface area (Å²) in [5.74, 6) is 1.36. The molecule has 1 saturated heterocycles. The molecule has 4 rings (SSSR count). The van der Waals surface area contributed by atoms with Gasteiger partial charge in [-0.15, -0.1) is 11.3 Å². The van der Waals surface area contributed by atoms with Crippen LogP contribution in [0.4, 0.5) is 5.82 Å². The number of hydrogen-bond acceptors (Lipinski definition) is 7. The summed E-state index contributed by atoms with van der Waals surface area (Å²) in [6.45, 7) is 13.2. The van der Waals surface area contributed by atoms with Gasteiger partial charge in [-0.1, -0.05) is 25.5 Å². The molecule has 0 amide bonds. The Balaban J connectivity index is 1.71. The Hall–Kier alpha value is -3.28. The highest BCUT2D eigenvalue weighted by molar-refractivity contribution is 7.22. The van der Waals surface area contributed by atoms with Gasteiger partial charge in [-0.2, -0.15) is 5.26 Å². The summed E-state index contributed by atoms with van der Waals surface area (Å²) in [5, 5.41) is 13.8. The molecule has 0 radical (unpaired) electrons. The minimum Gasteiger partial charge on any atom is -0.404 e. The molecular weight excluding hydrogens is 454 g/mol. The van der Waals surface area contributed by atoms with Crippen molar-refractivity contribution in [3.8, 4) is 16.6 Å². The maximum Gasteiger partial charge on any atom is 0.179 e. The second kappa shape index (κ2) is 10.5. The van der Waals surface area contributed by atoms with E-state index in [-0.39, 0.29) is 0 Å². The van der Waals surface area contributed by atoms with Gasteiger partial charge < -0.3 is 25.8 Å². The number of rotatable bonds is 7. The van der Waals surface area contributed by atoms with Gasteiger partial charge in [0.1, 0.15) is 10.6 Å². The smallest absolute Gasteiger partial charge is 0.179 e. The van der Waals surface area contributed by atoms with Crippen LogP contribution >= 0.6 is 11.3 Å². The lowest BCUT2D eigenvalue weighted by molar-refractivity contribution is 0.516. The molecule has 7 nitrogen and oxygen atoms in total. The monoisotopic (exact) mass is 489 g/mol. The number of nitriles is 1. The van der Waals surface area contributed by atoms with E-state index in [2.05, 4.69) is 60.4 Å². The van der Waals surface area contributed by atoms with E-state index in [1.54, 1.807) is 29.5 Å². The summed E-state index contributed by atoms with van der Waals surface area (Å²) >= 11 is 1.77. The molecule has 0 atom stereocenters. The van der Waals surface area contributed by atoms with Gasteiger partial charge in [0.05, 0.1) is 5.69 Å². The number of aryl methyl sites for hydroxylation is 1. The molecule has 1 fully saturated rings. The van der Waals surface area contributed by atoms with E-state index in [0.29, 0.717) is 12.5 Å². The minimum atomic E-state index is 0.318. The van der Waals surface area contributed by atoms with E-state index in [9.17, 15) is 0 Å². The summed E-state index contributed by atoms with van der Waals surface area (Å²) in [6.07, 6.45) is 7.89. The molecule has 0 bridgehead atoms. The highest BCUT2D eigenvalue weighted by Gasteiger charge is 2.23. The highest BCUT2D eigenvalue weighted by atomic mass is 32.1. The molecule has 3 aromatic heterocycles. The molecule has 1 aliphatic heterocycles. The van der Waals surface area contributed by atoms with Crippen LogP contribution in [0.3, 0.4) is 0 Å². The van der Waals surface area contributed by atoms with Crippen LogP contribution in [0.2, 0.25) is 0 Å². The van der Waals surface area contributed by atoms with Crippen LogP contribution in [0.1, 0.15) is 43.5 Å². The molecule has 0 aliphatic carbocycles. The number of nitrogens with one attached hydrogen (secondary N) is 2. The molecule has 184 valence electrons. The molecule has 8 heteroatoms. The number of nitrogens with zero attached hydrogens (tertiary/aromatic N) is 4. The lowest BCUT2D eigenvalue weighted by Crippen LogP contribution is -2.43. The van der Waals surface area contributed by atoms with Crippen molar-refractivity contribution in [2.24, 2.45) is 5.73 Å². The van der Waals surface area contributed by atoms with Crippen molar-refractivity contribution in [1.29, 1.82) is 5.26 Å². The largest absolute Gasteiger partial charge is 0.404 e. The van der Waals surface area contributed by atoms with Crippen LogP contribution in [0.15, 0.2) is 36.2 Å². The number of H-pyrrole nitrogens is 1. The van der Waals surface area contributed by atoms with Gasteiger partial charge in [-0.05, 0) is 43.0 Å². The summed E-state index contributed by atoms with van der Waals surface area (Å²) < 4.78 is 0. The molecule has 4 N–H and O–H groups in total. The lowest BCUT2D eigenvalue weighted by atomic mass is 9.94. The predicted molar refractivity (Wildman–Crippen MR) is 147 cm³/mol. The number of nitrogens with two attached hydrogens (primary N) is 1. The maximum absolute atomic E-state index is 9.10. The zero-order valence-electron chi connectivity index (χ0n) is 21.3. The standard InChI is InChI=1S/C27H35N7S/c1-17(2)23-24-19(4)26(20-6-7-22(31-14-20)34-10-8-30-9-11-34)35-27(24)32-25(23)21(13-28)12-18(3)15-33(5)16-29/h6-7,12-14,17,30,32H,8-11,15,28H2,1-5H3/b18-12-,21-13+. The molecule has 0 unspecified atom stereocenters. The number of pyridine rings is 1. The Morgan fingerprint density at radius 2 is 2.09 bits per heavy atom. The molecule has 0 saturated carbocycles. The van der Waals surface area contributed by atoms with Crippen molar-refractivity contribution in [2.45, 2.75) is 33.6 Å². The quantitative estimate of drug-likeness (QED) is 0.251. The fraction of sp³-hybridized carbons (Fsp3) is 0.407. The Bertz CT molecular complexity index is 1280. The van der Waals surface area contributed by atoms with Crippen LogP contribution in [0, 0.1) is 18.4 Å². The van der Waals surface area contributed by atoms with E-state index in [0.717, 1.165) is 59.2 Å². The number of allylic oxidation sites excluding steroid dienone is 2. The van der Waals surface area contributed by atoms with Gasteiger partial charge in [0.15, 0.2) is 6.19 Å². The van der Waals surface area contributed by atoms with Crippen LogP contribution in [-0.4, -0.2) is 54.6 Å². The van der Waals surface area contributed by atoms with Gasteiger partial charge in [0.25, 0.3) is 0 Å². The first-order chi connectivity index (χ1) is 16.8. The SMILES string of the molecule is C/C(=C/C(=C\N)c1[nH]c2sc(-c3ccc(N4CCNCC4)nc3)c(C)c2c1C(C)C)CN(C)C#N. The van der Waals surface area contributed by atoms with Crippen LogP contribution < -0.4 is 16.0 Å². The zero-order chi connectivity index (χ0) is 25.1. The second-order valence-corrected chi connectivity index (χ2v) is 10.6. The number of likely N-dealkylation sites (N-methyl/N-ethyl adjacent to an activating group) is 1. The minimum absolute atomic E-state index is 0.318. The van der Waals surface area contributed by atoms with E-state index >= 15 is 0 Å². The van der Waals surface area contributed by atoms with Crippen molar-refractivity contribution in [2.75, 3.05) is 44.7 Å². The van der Waals surface area contributed by atoms with E-state index < -0.39 is 0 Å². The second-order valence-electron chi connectivity index (χ2n) is 9.54. The van der Waals surface area contributed by atoms with Gasteiger partial charge >= 0.3 is 0 Å². The molecule has 0 spiro atoms. The van der Waals surface area contributed by atoms with Crippen LogP contribution in [0.25, 0.3) is 26.2 Å². The number of aromatic nitrogens is 2. The first-order valence-electron chi connectivity index (χ1n) is 12.1. The van der Waals surface area contributed by atoms with Crippen molar-refractivity contribution < 1.29 is 0 Å². The molecule has 35 heavy (non-hydrogen) atoms. The zero-order valence-corrected chi connectivity index (χ0v) is 22.1.